The first-order valence-corrected chi connectivity index (χ1v) is 6.29. The number of halogens is 1. The zero-order chi connectivity index (χ0) is 12.8. The van der Waals surface area contributed by atoms with Gasteiger partial charge in [0, 0.05) is 40.2 Å². The highest BCUT2D eigenvalue weighted by atomic mass is 127. The molecule has 1 aliphatic rings. The number of nitrogens with zero attached hydrogens (tertiary/aromatic N) is 3. The normalized spacial score (nSPS) is 20.3. The van der Waals surface area contributed by atoms with Crippen LogP contribution in [0.15, 0.2) is 4.99 Å². The van der Waals surface area contributed by atoms with E-state index in [0.717, 1.165) is 38.4 Å². The van der Waals surface area contributed by atoms with Crippen molar-refractivity contribution < 1.29 is 4.79 Å². The summed E-state index contributed by atoms with van der Waals surface area (Å²) in [6, 6.07) is 0. The quantitative estimate of drug-likeness (QED) is 0.462. The monoisotopic (exact) mass is 368 g/mol. The van der Waals surface area contributed by atoms with E-state index in [-0.39, 0.29) is 29.9 Å². The molecule has 0 aromatic heterocycles. The molecule has 1 fully saturated rings. The van der Waals surface area contributed by atoms with E-state index in [1.807, 2.05) is 25.9 Å². The van der Waals surface area contributed by atoms with Gasteiger partial charge >= 0.3 is 0 Å². The first kappa shape index (κ1) is 17.5. The smallest absolute Gasteiger partial charge is 0.217 e. The lowest BCUT2D eigenvalue weighted by molar-refractivity contribution is -0.119. The largest absolute Gasteiger partial charge is 0.370 e. The van der Waals surface area contributed by atoms with Gasteiger partial charge in [0.15, 0.2) is 5.96 Å². The Kier molecular flexibility index (Phi) is 8.30. The third-order valence-corrected chi connectivity index (χ3v) is 2.99. The fraction of sp³-hybridized carbons (Fsp3) is 0.833. The van der Waals surface area contributed by atoms with Crippen LogP contribution in [-0.4, -0.2) is 55.4 Å². The zero-order valence-corrected chi connectivity index (χ0v) is 13.9. The fourth-order valence-corrected chi connectivity index (χ4v) is 2.36. The van der Waals surface area contributed by atoms with E-state index in [0.29, 0.717) is 12.3 Å². The van der Waals surface area contributed by atoms with Crippen molar-refractivity contribution in [3.63, 3.8) is 0 Å². The van der Waals surface area contributed by atoms with Crippen molar-refractivity contribution in [2.24, 2.45) is 16.6 Å². The van der Waals surface area contributed by atoms with Gasteiger partial charge in [0.1, 0.15) is 0 Å². The van der Waals surface area contributed by atoms with Gasteiger partial charge in [0.2, 0.25) is 5.91 Å². The summed E-state index contributed by atoms with van der Waals surface area (Å²) in [7, 11) is 4.01. The Labute approximate surface area is 127 Å². The first-order chi connectivity index (χ1) is 8.04. The van der Waals surface area contributed by atoms with Crippen molar-refractivity contribution >= 4 is 35.8 Å². The second-order valence-electron chi connectivity index (χ2n) is 4.79. The molecule has 0 radical (unpaired) electrons. The zero-order valence-electron chi connectivity index (χ0n) is 11.6. The van der Waals surface area contributed by atoms with Crippen molar-refractivity contribution in [3.8, 4) is 0 Å². The average molecular weight is 368 g/mol. The molecule has 0 bridgehead atoms. The summed E-state index contributed by atoms with van der Waals surface area (Å²) in [5, 5.41) is 0. The van der Waals surface area contributed by atoms with E-state index in [1.165, 1.54) is 0 Å². The third kappa shape index (κ3) is 5.41. The molecule has 2 N–H and O–H groups in total. The molecule has 5 nitrogen and oxygen atoms in total. The van der Waals surface area contributed by atoms with Crippen molar-refractivity contribution in [2.45, 2.75) is 26.2 Å². The highest BCUT2D eigenvalue weighted by molar-refractivity contribution is 14.0. The van der Waals surface area contributed by atoms with Gasteiger partial charge < -0.3 is 15.5 Å². The van der Waals surface area contributed by atoms with Gasteiger partial charge in [-0.05, 0) is 25.7 Å². The molecule has 1 heterocycles. The molecule has 1 saturated heterocycles. The number of aliphatic imine (C=N–C) groups is 1. The lowest BCUT2D eigenvalue weighted by Gasteiger charge is -2.36. The van der Waals surface area contributed by atoms with Gasteiger partial charge in [0.05, 0.1) is 0 Å². The molecule has 6 heteroatoms. The lowest BCUT2D eigenvalue weighted by Crippen LogP contribution is -2.46. The summed E-state index contributed by atoms with van der Waals surface area (Å²) < 4.78 is 0. The van der Waals surface area contributed by atoms with E-state index in [1.54, 1.807) is 0 Å². The number of likely N-dealkylation sites (tertiary alicyclic amines) is 1. The molecule has 1 rings (SSSR count). The summed E-state index contributed by atoms with van der Waals surface area (Å²) in [6.45, 7) is 4.73. The van der Waals surface area contributed by atoms with Crippen LogP contribution in [0.5, 0.6) is 0 Å². The summed E-state index contributed by atoms with van der Waals surface area (Å²) in [4.78, 5) is 19.8. The van der Waals surface area contributed by atoms with Crippen LogP contribution < -0.4 is 5.73 Å². The highest BCUT2D eigenvalue weighted by Gasteiger charge is 2.24. The second kappa shape index (κ2) is 8.55. The molecule has 0 aromatic carbocycles. The van der Waals surface area contributed by atoms with E-state index in [9.17, 15) is 4.79 Å². The number of carbonyl (C=O) groups excluding carboxylic acids is 1. The van der Waals surface area contributed by atoms with Crippen LogP contribution in [0.1, 0.15) is 26.2 Å². The number of nitrogens with two attached hydrogens (primary N) is 1. The maximum Gasteiger partial charge on any atom is 0.217 e. The molecule has 106 valence electrons. The van der Waals surface area contributed by atoms with Crippen molar-refractivity contribution in [2.75, 3.05) is 33.7 Å². The van der Waals surface area contributed by atoms with Gasteiger partial charge in [0.25, 0.3) is 0 Å². The molecule has 1 amide bonds. The Morgan fingerprint density at radius 3 is 2.67 bits per heavy atom. The lowest BCUT2D eigenvalue weighted by atomic mass is 9.95. The van der Waals surface area contributed by atoms with Crippen LogP contribution >= 0.6 is 24.0 Å². The number of hydrogen-bond donors (Lipinski definition) is 1. The average Bonchev–Trinajstić information content (AvgIpc) is 2.24. The van der Waals surface area contributed by atoms with E-state index >= 15 is 0 Å². The minimum Gasteiger partial charge on any atom is -0.370 e. The summed E-state index contributed by atoms with van der Waals surface area (Å²) in [5.74, 6) is 1.20. The minimum absolute atomic E-state index is 0. The van der Waals surface area contributed by atoms with Crippen molar-refractivity contribution in [1.82, 2.24) is 9.80 Å². The molecule has 1 aliphatic heterocycles. The number of carbonyl (C=O) groups is 1. The third-order valence-electron chi connectivity index (χ3n) is 2.99. The number of amides is 1. The molecule has 0 aliphatic carbocycles. The van der Waals surface area contributed by atoms with Gasteiger partial charge in [-0.2, -0.15) is 0 Å². The van der Waals surface area contributed by atoms with Gasteiger partial charge in [-0.3, -0.25) is 9.79 Å². The Balaban J connectivity index is 0.00000289. The van der Waals surface area contributed by atoms with E-state index in [2.05, 4.69) is 9.89 Å². The predicted octanol–water partition coefficient (Wildman–Crippen LogP) is 1.13. The van der Waals surface area contributed by atoms with Crippen molar-refractivity contribution in [3.05, 3.63) is 0 Å². The maximum absolute atomic E-state index is 11.0. The molecule has 1 atom stereocenters. The predicted molar refractivity (Wildman–Crippen MR) is 85.2 cm³/mol. The SMILES string of the molecule is CCN=C(N(C)C)N1CCCC(CC(N)=O)C1.I. The van der Waals surface area contributed by atoms with Gasteiger partial charge in [-0.25, -0.2) is 0 Å². The Morgan fingerprint density at radius 1 is 1.50 bits per heavy atom. The van der Waals surface area contributed by atoms with Gasteiger partial charge in [-0.1, -0.05) is 0 Å². The van der Waals surface area contributed by atoms with Crippen molar-refractivity contribution in [1.29, 1.82) is 0 Å². The number of hydrogen-bond acceptors (Lipinski definition) is 2. The van der Waals surface area contributed by atoms with Crippen LogP contribution in [0.4, 0.5) is 0 Å². The molecule has 1 unspecified atom stereocenters. The first-order valence-electron chi connectivity index (χ1n) is 6.29. The number of piperidine rings is 1. The topological polar surface area (TPSA) is 61.9 Å². The molecule has 18 heavy (non-hydrogen) atoms. The summed E-state index contributed by atoms with van der Waals surface area (Å²) in [6.07, 6.45) is 2.68. The van der Waals surface area contributed by atoms with Crippen LogP contribution in [0.2, 0.25) is 0 Å². The van der Waals surface area contributed by atoms with Gasteiger partial charge in [-0.15, -0.1) is 24.0 Å². The molecule has 0 saturated carbocycles. The fourth-order valence-electron chi connectivity index (χ4n) is 2.36. The molecule has 0 spiro atoms. The summed E-state index contributed by atoms with van der Waals surface area (Å²) in [5.41, 5.74) is 5.27. The van der Waals surface area contributed by atoms with Crippen LogP contribution in [0.3, 0.4) is 0 Å². The number of guanidine groups is 1. The number of primary amides is 1. The molecular formula is C12H25IN4O. The van der Waals surface area contributed by atoms with E-state index in [4.69, 9.17) is 5.73 Å². The van der Waals surface area contributed by atoms with E-state index < -0.39 is 0 Å². The minimum atomic E-state index is -0.198. The summed E-state index contributed by atoms with van der Waals surface area (Å²) >= 11 is 0. The maximum atomic E-state index is 11.0. The standard InChI is InChI=1S/C12H24N4O.HI/c1-4-14-12(15(2)3)16-7-5-6-10(9-16)8-11(13)17;/h10H,4-9H2,1-3H3,(H2,13,17);1H. The Bertz CT molecular complexity index is 294. The van der Waals surface area contributed by atoms with Crippen LogP contribution in [0, 0.1) is 5.92 Å². The molecular weight excluding hydrogens is 343 g/mol. The Morgan fingerprint density at radius 2 is 2.17 bits per heavy atom. The van der Waals surface area contributed by atoms with Crippen LogP contribution in [0.25, 0.3) is 0 Å². The molecule has 0 aromatic rings. The highest BCUT2D eigenvalue weighted by Crippen LogP contribution is 2.20. The second-order valence-corrected chi connectivity index (χ2v) is 4.79. The van der Waals surface area contributed by atoms with Crippen LogP contribution in [-0.2, 0) is 4.79 Å². The number of rotatable bonds is 3. The Hall–Kier alpha value is -0.530.